The molecule has 1 N–H and O–H groups in total. The van der Waals surface area contributed by atoms with E-state index >= 15 is 0 Å². The van der Waals surface area contributed by atoms with E-state index < -0.39 is 21.4 Å². The van der Waals surface area contributed by atoms with Gasteiger partial charge in [0.2, 0.25) is 0 Å². The average Bonchev–Trinajstić information content (AvgIpc) is 2.65. The van der Waals surface area contributed by atoms with Crippen molar-refractivity contribution in [1.29, 1.82) is 5.26 Å². The molecule has 2 rings (SSSR count). The lowest BCUT2D eigenvalue weighted by molar-refractivity contribution is 0.0787. The molecule has 2 atom stereocenters. The van der Waals surface area contributed by atoms with Gasteiger partial charge in [0.1, 0.15) is 5.41 Å². The minimum atomic E-state index is -3.24. The van der Waals surface area contributed by atoms with Crippen LogP contribution >= 0.6 is 15.9 Å². The number of hydrogen-bond donors (Lipinski definition) is 1. The zero-order chi connectivity index (χ0) is 14.3. The summed E-state index contributed by atoms with van der Waals surface area (Å²) in [5.41, 5.74) is 0.341. The standard InChI is InChI=1S/C13H14BrNO3S/c1-9-2-3-10(11(14)6-9)12(16)13(7-15)4-5-19(17,18)8-13/h2-3,6,12,16H,4-5,8H2,1H3. The van der Waals surface area contributed by atoms with Crippen LogP contribution in [0.15, 0.2) is 22.7 Å². The molecule has 2 unspecified atom stereocenters. The van der Waals surface area contributed by atoms with E-state index in [1.54, 1.807) is 6.07 Å². The van der Waals surface area contributed by atoms with Crippen LogP contribution in [-0.2, 0) is 9.84 Å². The van der Waals surface area contributed by atoms with Crippen molar-refractivity contribution in [2.75, 3.05) is 11.5 Å². The Labute approximate surface area is 121 Å². The van der Waals surface area contributed by atoms with Crippen molar-refractivity contribution < 1.29 is 13.5 Å². The van der Waals surface area contributed by atoms with Gasteiger partial charge in [-0.3, -0.25) is 0 Å². The van der Waals surface area contributed by atoms with E-state index in [0.717, 1.165) is 5.56 Å². The molecule has 102 valence electrons. The van der Waals surface area contributed by atoms with Gasteiger partial charge < -0.3 is 5.11 Å². The van der Waals surface area contributed by atoms with E-state index in [-0.39, 0.29) is 17.9 Å². The minimum absolute atomic E-state index is 0.0406. The molecule has 0 aliphatic carbocycles. The maximum absolute atomic E-state index is 11.6. The first-order chi connectivity index (χ1) is 8.80. The highest BCUT2D eigenvalue weighted by atomic mass is 79.9. The fourth-order valence-electron chi connectivity index (χ4n) is 2.39. The Morgan fingerprint density at radius 3 is 2.68 bits per heavy atom. The van der Waals surface area contributed by atoms with Crippen LogP contribution < -0.4 is 0 Å². The lowest BCUT2D eigenvalue weighted by Gasteiger charge is -2.26. The summed E-state index contributed by atoms with van der Waals surface area (Å²) in [6.07, 6.45) is -0.933. The van der Waals surface area contributed by atoms with Crippen molar-refractivity contribution in [3.05, 3.63) is 33.8 Å². The number of benzene rings is 1. The number of halogens is 1. The topological polar surface area (TPSA) is 78.2 Å². The quantitative estimate of drug-likeness (QED) is 0.891. The number of aliphatic hydroxyl groups excluding tert-OH is 1. The lowest BCUT2D eigenvalue weighted by Crippen LogP contribution is -2.29. The molecule has 0 radical (unpaired) electrons. The predicted molar refractivity (Wildman–Crippen MR) is 75.2 cm³/mol. The molecule has 0 aromatic heterocycles. The van der Waals surface area contributed by atoms with E-state index in [1.165, 1.54) is 0 Å². The second kappa shape index (κ2) is 4.89. The summed E-state index contributed by atoms with van der Waals surface area (Å²) >= 11 is 3.36. The number of aryl methyl sites for hydroxylation is 1. The summed E-state index contributed by atoms with van der Waals surface area (Å²) in [5, 5.41) is 19.8. The van der Waals surface area contributed by atoms with Crippen molar-refractivity contribution >= 4 is 25.8 Å². The number of sulfone groups is 1. The van der Waals surface area contributed by atoms with Crippen LogP contribution in [0.3, 0.4) is 0 Å². The lowest BCUT2D eigenvalue weighted by atomic mass is 9.80. The first-order valence-electron chi connectivity index (χ1n) is 5.85. The van der Waals surface area contributed by atoms with Gasteiger partial charge in [0.05, 0.1) is 23.7 Å². The highest BCUT2D eigenvalue weighted by molar-refractivity contribution is 9.10. The van der Waals surface area contributed by atoms with Gasteiger partial charge >= 0.3 is 0 Å². The van der Waals surface area contributed by atoms with Crippen LogP contribution in [0.5, 0.6) is 0 Å². The number of aliphatic hydroxyl groups is 1. The van der Waals surface area contributed by atoms with Crippen molar-refractivity contribution in [3.63, 3.8) is 0 Å². The molecule has 1 heterocycles. The summed E-state index contributed by atoms with van der Waals surface area (Å²) in [6, 6.07) is 7.42. The molecular weight excluding hydrogens is 330 g/mol. The fourth-order valence-corrected chi connectivity index (χ4v) is 5.07. The molecule has 0 amide bonds. The van der Waals surface area contributed by atoms with Crippen LogP contribution in [0, 0.1) is 23.7 Å². The van der Waals surface area contributed by atoms with E-state index in [4.69, 9.17) is 0 Å². The summed E-state index contributed by atoms with van der Waals surface area (Å²) in [4.78, 5) is 0. The predicted octanol–water partition coefficient (Wildman–Crippen LogP) is 2.12. The Bertz CT molecular complexity index is 650. The Morgan fingerprint density at radius 2 is 2.21 bits per heavy atom. The number of rotatable bonds is 2. The Morgan fingerprint density at radius 1 is 1.53 bits per heavy atom. The molecule has 1 aliphatic rings. The minimum Gasteiger partial charge on any atom is -0.387 e. The molecule has 6 heteroatoms. The van der Waals surface area contributed by atoms with Crippen molar-refractivity contribution in [2.24, 2.45) is 5.41 Å². The van der Waals surface area contributed by atoms with Crippen molar-refractivity contribution in [3.8, 4) is 6.07 Å². The Hall–Kier alpha value is -0.900. The summed E-state index contributed by atoms with van der Waals surface area (Å²) in [7, 11) is -3.24. The van der Waals surface area contributed by atoms with E-state index in [0.29, 0.717) is 10.0 Å². The summed E-state index contributed by atoms with van der Waals surface area (Å²) < 4.78 is 23.9. The van der Waals surface area contributed by atoms with Crippen LogP contribution in [0.1, 0.15) is 23.7 Å². The number of nitrogens with zero attached hydrogens (tertiary/aromatic N) is 1. The SMILES string of the molecule is Cc1ccc(C(O)C2(C#N)CCS(=O)(=O)C2)c(Br)c1. The largest absolute Gasteiger partial charge is 0.387 e. The molecule has 1 aromatic rings. The molecule has 0 saturated carbocycles. The molecule has 1 fully saturated rings. The van der Waals surface area contributed by atoms with Gasteiger partial charge in [0.25, 0.3) is 0 Å². The molecular formula is C13H14BrNO3S. The third-order valence-corrected chi connectivity index (χ3v) is 6.00. The van der Waals surface area contributed by atoms with Crippen molar-refractivity contribution in [1.82, 2.24) is 0 Å². The third-order valence-electron chi connectivity index (χ3n) is 3.53. The van der Waals surface area contributed by atoms with E-state index in [1.807, 2.05) is 25.1 Å². The fraction of sp³-hybridized carbons (Fsp3) is 0.462. The first-order valence-corrected chi connectivity index (χ1v) is 8.47. The number of nitriles is 1. The molecule has 0 bridgehead atoms. The summed E-state index contributed by atoms with van der Waals surface area (Å²) in [5.74, 6) is -0.320. The average molecular weight is 344 g/mol. The Kier molecular flexibility index (Phi) is 3.74. The van der Waals surface area contributed by atoms with Gasteiger partial charge in [0, 0.05) is 4.47 Å². The smallest absolute Gasteiger partial charge is 0.152 e. The van der Waals surface area contributed by atoms with Crippen LogP contribution in [0.2, 0.25) is 0 Å². The normalized spacial score (nSPS) is 26.8. The second-order valence-corrected chi connectivity index (χ2v) is 8.08. The van der Waals surface area contributed by atoms with Crippen molar-refractivity contribution in [2.45, 2.75) is 19.4 Å². The van der Waals surface area contributed by atoms with E-state index in [2.05, 4.69) is 15.9 Å². The Balaban J connectivity index is 2.43. The molecule has 1 saturated heterocycles. The maximum atomic E-state index is 11.6. The molecule has 1 aliphatic heterocycles. The van der Waals surface area contributed by atoms with Gasteiger partial charge in [-0.25, -0.2) is 8.42 Å². The zero-order valence-corrected chi connectivity index (χ0v) is 12.8. The third kappa shape index (κ3) is 2.69. The van der Waals surface area contributed by atoms with Crippen LogP contribution in [-0.4, -0.2) is 25.0 Å². The monoisotopic (exact) mass is 343 g/mol. The van der Waals surface area contributed by atoms with Gasteiger partial charge in [0.15, 0.2) is 9.84 Å². The van der Waals surface area contributed by atoms with Gasteiger partial charge in [-0.1, -0.05) is 28.1 Å². The maximum Gasteiger partial charge on any atom is 0.152 e. The van der Waals surface area contributed by atoms with E-state index in [9.17, 15) is 18.8 Å². The molecule has 4 nitrogen and oxygen atoms in total. The molecule has 1 aromatic carbocycles. The van der Waals surface area contributed by atoms with Crippen LogP contribution in [0.4, 0.5) is 0 Å². The van der Waals surface area contributed by atoms with Gasteiger partial charge in [-0.2, -0.15) is 5.26 Å². The highest BCUT2D eigenvalue weighted by Gasteiger charge is 2.49. The van der Waals surface area contributed by atoms with Gasteiger partial charge in [-0.05, 0) is 30.5 Å². The second-order valence-electron chi connectivity index (χ2n) is 5.04. The highest BCUT2D eigenvalue weighted by Crippen LogP contribution is 2.44. The number of hydrogen-bond acceptors (Lipinski definition) is 4. The van der Waals surface area contributed by atoms with Gasteiger partial charge in [-0.15, -0.1) is 0 Å². The zero-order valence-electron chi connectivity index (χ0n) is 10.4. The first kappa shape index (κ1) is 14.5. The molecule has 0 spiro atoms. The molecule has 19 heavy (non-hydrogen) atoms. The summed E-state index contributed by atoms with van der Waals surface area (Å²) in [6.45, 7) is 1.92. The van der Waals surface area contributed by atoms with Crippen LogP contribution in [0.25, 0.3) is 0 Å².